The number of nitrogens with one attached hydrogen (secondary N) is 2. The third kappa shape index (κ3) is 4.41. The average Bonchev–Trinajstić information content (AvgIpc) is 3.04. The van der Waals surface area contributed by atoms with E-state index in [1.807, 2.05) is 42.5 Å². The van der Waals surface area contributed by atoms with Gasteiger partial charge in [0.25, 0.3) is 0 Å². The van der Waals surface area contributed by atoms with Crippen LogP contribution in [0.2, 0.25) is 0 Å². The fourth-order valence-electron chi connectivity index (χ4n) is 2.45. The highest BCUT2D eigenvalue weighted by atomic mass is 32.1. The van der Waals surface area contributed by atoms with Gasteiger partial charge in [-0.3, -0.25) is 4.79 Å². The molecule has 128 valence electrons. The molecular formula is C19H19N3OS2. The van der Waals surface area contributed by atoms with Crippen LogP contribution in [0, 0.1) is 0 Å². The van der Waals surface area contributed by atoms with Crippen molar-refractivity contribution in [3.63, 3.8) is 0 Å². The molecule has 0 spiro atoms. The molecule has 0 aliphatic rings. The van der Waals surface area contributed by atoms with Crippen molar-refractivity contribution in [3.8, 4) is 10.6 Å². The van der Waals surface area contributed by atoms with Crippen LogP contribution in [-0.2, 0) is 4.79 Å². The number of rotatable bonds is 5. The van der Waals surface area contributed by atoms with E-state index in [-0.39, 0.29) is 5.91 Å². The van der Waals surface area contributed by atoms with Gasteiger partial charge in [-0.25, -0.2) is 4.98 Å². The van der Waals surface area contributed by atoms with Crippen molar-refractivity contribution in [2.45, 2.75) is 26.2 Å². The Morgan fingerprint density at radius 3 is 2.72 bits per heavy atom. The molecule has 0 saturated heterocycles. The van der Waals surface area contributed by atoms with Gasteiger partial charge in [0.2, 0.25) is 5.91 Å². The zero-order chi connectivity index (χ0) is 17.6. The van der Waals surface area contributed by atoms with E-state index in [4.69, 9.17) is 17.2 Å². The lowest BCUT2D eigenvalue weighted by Crippen LogP contribution is -2.34. The number of thiazole rings is 1. The fourth-order valence-corrected chi connectivity index (χ4v) is 3.67. The number of amides is 1. The molecule has 4 nitrogen and oxygen atoms in total. The molecule has 0 aliphatic carbocycles. The summed E-state index contributed by atoms with van der Waals surface area (Å²) in [6.45, 7) is 2.05. The third-order valence-electron chi connectivity index (χ3n) is 3.71. The Labute approximate surface area is 156 Å². The van der Waals surface area contributed by atoms with E-state index >= 15 is 0 Å². The normalized spacial score (nSPS) is 10.6. The first-order chi connectivity index (χ1) is 12.2. The first-order valence-corrected chi connectivity index (χ1v) is 9.45. The van der Waals surface area contributed by atoms with E-state index in [1.165, 1.54) is 0 Å². The highest BCUT2D eigenvalue weighted by Crippen LogP contribution is 2.34. The van der Waals surface area contributed by atoms with Crippen molar-refractivity contribution in [1.82, 2.24) is 10.3 Å². The maximum atomic E-state index is 11.8. The number of fused-ring (bicyclic) bond motifs is 1. The van der Waals surface area contributed by atoms with Crippen LogP contribution in [0.15, 0.2) is 48.5 Å². The quantitative estimate of drug-likeness (QED) is 0.624. The van der Waals surface area contributed by atoms with Gasteiger partial charge in [0.15, 0.2) is 5.11 Å². The van der Waals surface area contributed by atoms with Crippen molar-refractivity contribution in [2.75, 3.05) is 5.32 Å². The molecule has 3 rings (SSSR count). The number of carbonyl (C=O) groups excluding carboxylic acids is 1. The van der Waals surface area contributed by atoms with Crippen molar-refractivity contribution >= 4 is 50.5 Å². The summed E-state index contributed by atoms with van der Waals surface area (Å²) in [6.07, 6.45) is 2.32. The Morgan fingerprint density at radius 2 is 1.92 bits per heavy atom. The van der Waals surface area contributed by atoms with Crippen LogP contribution in [0.25, 0.3) is 20.8 Å². The number of para-hydroxylation sites is 2. The number of unbranched alkanes of at least 4 members (excludes halogenated alkanes) is 1. The SMILES string of the molecule is CCCCC(=O)NC(=S)Nc1ccccc1-c1nc2ccccc2s1. The Hall–Kier alpha value is -2.31. The molecule has 0 unspecified atom stereocenters. The van der Waals surface area contributed by atoms with Crippen LogP contribution in [0.1, 0.15) is 26.2 Å². The van der Waals surface area contributed by atoms with Gasteiger partial charge in [0.1, 0.15) is 5.01 Å². The second kappa shape index (κ2) is 8.18. The lowest BCUT2D eigenvalue weighted by molar-refractivity contribution is -0.119. The number of nitrogens with zero attached hydrogens (tertiary/aromatic N) is 1. The lowest BCUT2D eigenvalue weighted by Gasteiger charge is -2.12. The number of thiocarbonyl (C=S) groups is 1. The summed E-state index contributed by atoms with van der Waals surface area (Å²) in [5.41, 5.74) is 2.78. The molecule has 0 fully saturated rings. The molecule has 1 heterocycles. The van der Waals surface area contributed by atoms with Gasteiger partial charge in [0.05, 0.1) is 15.9 Å². The second-order valence-electron chi connectivity index (χ2n) is 5.64. The van der Waals surface area contributed by atoms with Gasteiger partial charge in [-0.1, -0.05) is 37.6 Å². The van der Waals surface area contributed by atoms with Crippen molar-refractivity contribution in [3.05, 3.63) is 48.5 Å². The molecule has 0 bridgehead atoms. The monoisotopic (exact) mass is 369 g/mol. The van der Waals surface area contributed by atoms with E-state index in [1.54, 1.807) is 11.3 Å². The van der Waals surface area contributed by atoms with E-state index in [9.17, 15) is 4.79 Å². The van der Waals surface area contributed by atoms with Gasteiger partial charge in [-0.05, 0) is 42.9 Å². The van der Waals surface area contributed by atoms with Gasteiger partial charge >= 0.3 is 0 Å². The smallest absolute Gasteiger partial charge is 0.226 e. The van der Waals surface area contributed by atoms with E-state index < -0.39 is 0 Å². The molecule has 3 aromatic rings. The Balaban J connectivity index is 1.79. The van der Waals surface area contributed by atoms with Crippen LogP contribution in [0.3, 0.4) is 0 Å². The first-order valence-electron chi connectivity index (χ1n) is 8.23. The predicted octanol–water partition coefficient (Wildman–Crippen LogP) is 4.97. The summed E-state index contributed by atoms with van der Waals surface area (Å²) in [4.78, 5) is 16.5. The van der Waals surface area contributed by atoms with Gasteiger partial charge in [-0.15, -0.1) is 11.3 Å². The topological polar surface area (TPSA) is 54.0 Å². The molecule has 6 heteroatoms. The minimum atomic E-state index is -0.0585. The van der Waals surface area contributed by atoms with Gasteiger partial charge in [0, 0.05) is 12.0 Å². The number of anilines is 1. The van der Waals surface area contributed by atoms with Crippen LogP contribution < -0.4 is 10.6 Å². The van der Waals surface area contributed by atoms with Crippen LogP contribution in [-0.4, -0.2) is 16.0 Å². The molecule has 2 N–H and O–H groups in total. The number of hydrogen-bond donors (Lipinski definition) is 2. The third-order valence-corrected chi connectivity index (χ3v) is 4.98. The van der Waals surface area contributed by atoms with Crippen LogP contribution >= 0.6 is 23.6 Å². The molecular weight excluding hydrogens is 350 g/mol. The average molecular weight is 370 g/mol. The highest BCUT2D eigenvalue weighted by molar-refractivity contribution is 7.80. The molecule has 25 heavy (non-hydrogen) atoms. The number of aromatic nitrogens is 1. The van der Waals surface area contributed by atoms with E-state index in [2.05, 4.69) is 23.6 Å². The van der Waals surface area contributed by atoms with E-state index in [0.29, 0.717) is 11.5 Å². The highest BCUT2D eigenvalue weighted by Gasteiger charge is 2.12. The fraction of sp³-hybridized carbons (Fsp3) is 0.211. The van der Waals surface area contributed by atoms with Crippen LogP contribution in [0.5, 0.6) is 0 Å². The standard InChI is InChI=1S/C19H19N3OS2/c1-2-3-12-17(23)22-19(24)21-14-9-5-4-8-13(14)18-20-15-10-6-7-11-16(15)25-18/h4-11H,2-3,12H2,1H3,(H2,21,22,23,24). The Bertz CT molecular complexity index is 871. The summed E-state index contributed by atoms with van der Waals surface area (Å²) < 4.78 is 1.14. The van der Waals surface area contributed by atoms with Gasteiger partial charge < -0.3 is 10.6 Å². The number of hydrogen-bond acceptors (Lipinski definition) is 4. The Morgan fingerprint density at radius 1 is 1.16 bits per heavy atom. The minimum Gasteiger partial charge on any atom is -0.332 e. The second-order valence-corrected chi connectivity index (χ2v) is 7.08. The van der Waals surface area contributed by atoms with Crippen molar-refractivity contribution < 1.29 is 4.79 Å². The predicted molar refractivity (Wildman–Crippen MR) is 109 cm³/mol. The zero-order valence-electron chi connectivity index (χ0n) is 13.9. The van der Waals surface area contributed by atoms with Crippen LogP contribution in [0.4, 0.5) is 5.69 Å². The summed E-state index contributed by atoms with van der Waals surface area (Å²) in [5.74, 6) is -0.0585. The number of benzene rings is 2. The summed E-state index contributed by atoms with van der Waals surface area (Å²) in [6, 6.07) is 15.9. The van der Waals surface area contributed by atoms with Crippen molar-refractivity contribution in [2.24, 2.45) is 0 Å². The maximum absolute atomic E-state index is 11.8. The largest absolute Gasteiger partial charge is 0.332 e. The molecule has 0 saturated carbocycles. The maximum Gasteiger partial charge on any atom is 0.226 e. The summed E-state index contributed by atoms with van der Waals surface area (Å²) in [7, 11) is 0. The molecule has 1 amide bonds. The first kappa shape index (κ1) is 17.5. The summed E-state index contributed by atoms with van der Waals surface area (Å²) in [5, 5.41) is 7.09. The minimum absolute atomic E-state index is 0.0585. The number of carbonyl (C=O) groups is 1. The molecule has 0 radical (unpaired) electrons. The van der Waals surface area contributed by atoms with Crippen molar-refractivity contribution in [1.29, 1.82) is 0 Å². The molecule has 1 aromatic heterocycles. The summed E-state index contributed by atoms with van der Waals surface area (Å²) >= 11 is 6.91. The lowest BCUT2D eigenvalue weighted by atomic mass is 10.2. The zero-order valence-corrected chi connectivity index (χ0v) is 15.5. The van der Waals surface area contributed by atoms with Gasteiger partial charge in [-0.2, -0.15) is 0 Å². The molecule has 0 atom stereocenters. The molecule has 0 aliphatic heterocycles. The Kier molecular flexibility index (Phi) is 5.73. The van der Waals surface area contributed by atoms with E-state index in [0.717, 1.165) is 39.3 Å². The molecule has 2 aromatic carbocycles.